The number of ether oxygens (including phenoxy) is 1. The van der Waals surface area contributed by atoms with E-state index in [2.05, 4.69) is 19.9 Å². The summed E-state index contributed by atoms with van der Waals surface area (Å²) >= 11 is 0. The Balaban J connectivity index is 1.59. The average Bonchev–Trinajstić information content (AvgIpc) is 3.09. The molecule has 2 saturated carbocycles. The lowest BCUT2D eigenvalue weighted by atomic mass is 9.49. The van der Waals surface area contributed by atoms with E-state index in [1.54, 1.807) is 0 Å². The molecule has 2 heteroatoms. The average molecular weight is 220 g/mol. The van der Waals surface area contributed by atoms with Crippen molar-refractivity contribution in [1.82, 2.24) is 0 Å². The maximum atomic E-state index is 11.5. The Bertz CT molecular complexity index is 350. The molecule has 2 bridgehead atoms. The van der Waals surface area contributed by atoms with E-state index in [0.29, 0.717) is 17.9 Å². The van der Waals surface area contributed by atoms with Crippen molar-refractivity contribution >= 4 is 5.97 Å². The quantitative estimate of drug-likeness (QED) is 0.540. The molecule has 2 atom stereocenters. The first-order chi connectivity index (χ1) is 7.59. The zero-order chi connectivity index (χ0) is 11.3. The van der Waals surface area contributed by atoms with Crippen LogP contribution in [0.1, 0.15) is 39.5 Å². The fourth-order valence-electron chi connectivity index (χ4n) is 3.23. The maximum absolute atomic E-state index is 11.5. The highest BCUT2D eigenvalue weighted by atomic mass is 16.5. The van der Waals surface area contributed by atoms with Gasteiger partial charge in [-0.05, 0) is 48.5 Å². The second-order valence-corrected chi connectivity index (χ2v) is 6.20. The molecule has 0 amide bonds. The number of carbonyl (C=O) groups is 1. The lowest BCUT2D eigenvalue weighted by molar-refractivity contribution is -0.145. The zero-order valence-corrected chi connectivity index (χ0v) is 10.2. The zero-order valence-electron chi connectivity index (χ0n) is 10.2. The molecule has 4 aliphatic carbocycles. The third kappa shape index (κ3) is 1.50. The standard InChI is InChI=1S/C14H20O2/c1-14(2)11-6-5-10(12(14)7-11)8-16-13(15)9-3-4-9/h5,9,11-12H,3-4,6-8H2,1-2H3. The summed E-state index contributed by atoms with van der Waals surface area (Å²) in [6.07, 6.45) is 6.87. The van der Waals surface area contributed by atoms with Gasteiger partial charge in [-0.3, -0.25) is 4.79 Å². The third-order valence-corrected chi connectivity index (χ3v) is 4.87. The van der Waals surface area contributed by atoms with Crippen molar-refractivity contribution in [2.24, 2.45) is 23.2 Å². The van der Waals surface area contributed by atoms with E-state index in [9.17, 15) is 4.79 Å². The van der Waals surface area contributed by atoms with Gasteiger partial charge in [0.1, 0.15) is 6.61 Å². The van der Waals surface area contributed by atoms with Gasteiger partial charge in [0.25, 0.3) is 0 Å². The minimum absolute atomic E-state index is 0.0279. The van der Waals surface area contributed by atoms with Gasteiger partial charge in [0.15, 0.2) is 0 Å². The van der Waals surface area contributed by atoms with E-state index in [4.69, 9.17) is 4.74 Å². The summed E-state index contributed by atoms with van der Waals surface area (Å²) in [6, 6.07) is 0. The normalized spacial score (nSPS) is 35.0. The van der Waals surface area contributed by atoms with Gasteiger partial charge in [0, 0.05) is 0 Å². The first-order valence-electron chi connectivity index (χ1n) is 6.44. The Morgan fingerprint density at radius 1 is 1.50 bits per heavy atom. The van der Waals surface area contributed by atoms with Gasteiger partial charge in [-0.25, -0.2) is 0 Å². The Kier molecular flexibility index (Phi) is 2.17. The van der Waals surface area contributed by atoms with Crippen LogP contribution in [0.2, 0.25) is 0 Å². The summed E-state index contributed by atoms with van der Waals surface area (Å²) in [5.74, 6) is 1.78. The Morgan fingerprint density at radius 2 is 2.25 bits per heavy atom. The second-order valence-electron chi connectivity index (χ2n) is 6.20. The molecule has 4 rings (SSSR count). The topological polar surface area (TPSA) is 26.3 Å². The summed E-state index contributed by atoms with van der Waals surface area (Å²) in [7, 11) is 0. The molecule has 0 spiro atoms. The smallest absolute Gasteiger partial charge is 0.309 e. The van der Waals surface area contributed by atoms with Crippen molar-refractivity contribution in [2.75, 3.05) is 6.61 Å². The first-order valence-corrected chi connectivity index (χ1v) is 6.44. The molecule has 0 aliphatic heterocycles. The largest absolute Gasteiger partial charge is 0.461 e. The first kappa shape index (κ1) is 10.4. The Hall–Kier alpha value is -0.790. The van der Waals surface area contributed by atoms with Crippen molar-refractivity contribution in [1.29, 1.82) is 0 Å². The molecule has 0 saturated heterocycles. The molecule has 4 aliphatic rings. The van der Waals surface area contributed by atoms with Crippen LogP contribution in [0.3, 0.4) is 0 Å². The number of fused-ring (bicyclic) bond motifs is 1. The number of allylic oxidation sites excluding steroid dienone is 1. The minimum atomic E-state index is 0.0279. The maximum Gasteiger partial charge on any atom is 0.309 e. The van der Waals surface area contributed by atoms with Gasteiger partial charge < -0.3 is 4.74 Å². The fourth-order valence-corrected chi connectivity index (χ4v) is 3.23. The van der Waals surface area contributed by atoms with Crippen LogP contribution in [-0.4, -0.2) is 12.6 Å². The molecule has 88 valence electrons. The van der Waals surface area contributed by atoms with Crippen LogP contribution in [0.4, 0.5) is 0 Å². The molecule has 2 nitrogen and oxygen atoms in total. The second kappa shape index (κ2) is 3.35. The van der Waals surface area contributed by atoms with Gasteiger partial charge in [0.2, 0.25) is 0 Å². The summed E-state index contributed by atoms with van der Waals surface area (Å²) in [5, 5.41) is 0. The Labute approximate surface area is 97.1 Å². The monoisotopic (exact) mass is 220 g/mol. The van der Waals surface area contributed by atoms with Crippen LogP contribution in [0.5, 0.6) is 0 Å². The van der Waals surface area contributed by atoms with E-state index >= 15 is 0 Å². The lowest BCUT2D eigenvalue weighted by Crippen LogP contribution is -2.48. The number of hydrogen-bond acceptors (Lipinski definition) is 2. The molecule has 0 aromatic heterocycles. The highest BCUT2D eigenvalue weighted by Gasteiger charge is 2.51. The van der Waals surface area contributed by atoms with Crippen LogP contribution in [0.15, 0.2) is 11.6 Å². The van der Waals surface area contributed by atoms with E-state index in [1.807, 2.05) is 0 Å². The molecule has 0 aromatic carbocycles. The van der Waals surface area contributed by atoms with Crippen LogP contribution < -0.4 is 0 Å². The van der Waals surface area contributed by atoms with E-state index in [1.165, 1.54) is 18.4 Å². The molecule has 2 fully saturated rings. The van der Waals surface area contributed by atoms with Gasteiger partial charge in [-0.1, -0.05) is 19.9 Å². The molecule has 16 heavy (non-hydrogen) atoms. The Morgan fingerprint density at radius 3 is 2.81 bits per heavy atom. The predicted molar refractivity (Wildman–Crippen MR) is 61.8 cm³/mol. The number of carbonyl (C=O) groups excluding carboxylic acids is 1. The molecule has 0 radical (unpaired) electrons. The fraction of sp³-hybridized carbons (Fsp3) is 0.786. The van der Waals surface area contributed by atoms with Gasteiger partial charge in [-0.2, -0.15) is 0 Å². The third-order valence-electron chi connectivity index (χ3n) is 4.87. The molecule has 2 unspecified atom stereocenters. The summed E-state index contributed by atoms with van der Waals surface area (Å²) < 4.78 is 5.39. The van der Waals surface area contributed by atoms with Crippen molar-refractivity contribution < 1.29 is 9.53 Å². The van der Waals surface area contributed by atoms with Gasteiger partial charge in [-0.15, -0.1) is 0 Å². The lowest BCUT2D eigenvalue weighted by Gasteiger charge is -2.56. The van der Waals surface area contributed by atoms with Crippen molar-refractivity contribution in [3.05, 3.63) is 11.6 Å². The van der Waals surface area contributed by atoms with E-state index < -0.39 is 0 Å². The number of rotatable bonds is 3. The van der Waals surface area contributed by atoms with Crippen LogP contribution in [0.25, 0.3) is 0 Å². The van der Waals surface area contributed by atoms with Crippen molar-refractivity contribution in [3.8, 4) is 0 Å². The predicted octanol–water partition coefficient (Wildman–Crippen LogP) is 2.93. The molecular weight excluding hydrogens is 200 g/mol. The summed E-state index contributed by atoms with van der Waals surface area (Å²) in [6.45, 7) is 5.25. The molecule has 0 heterocycles. The highest BCUT2D eigenvalue weighted by Crippen LogP contribution is 2.59. The van der Waals surface area contributed by atoms with Gasteiger partial charge >= 0.3 is 5.97 Å². The number of esters is 1. The minimum Gasteiger partial charge on any atom is -0.461 e. The van der Waals surface area contributed by atoms with Crippen LogP contribution in [-0.2, 0) is 9.53 Å². The number of hydrogen-bond donors (Lipinski definition) is 0. The van der Waals surface area contributed by atoms with Crippen molar-refractivity contribution in [3.63, 3.8) is 0 Å². The SMILES string of the molecule is CC1(C)C2CC=C(COC(=O)C3CC3)C1C2. The van der Waals surface area contributed by atoms with Gasteiger partial charge in [0.05, 0.1) is 5.92 Å². The molecular formula is C14H20O2. The van der Waals surface area contributed by atoms with Crippen molar-refractivity contribution in [2.45, 2.75) is 39.5 Å². The van der Waals surface area contributed by atoms with E-state index in [-0.39, 0.29) is 11.9 Å². The van der Waals surface area contributed by atoms with Crippen LogP contribution >= 0.6 is 0 Å². The molecule has 0 N–H and O–H groups in total. The summed E-state index contributed by atoms with van der Waals surface area (Å²) in [4.78, 5) is 11.5. The highest BCUT2D eigenvalue weighted by molar-refractivity contribution is 5.75. The summed E-state index contributed by atoms with van der Waals surface area (Å²) in [5.41, 5.74) is 1.82. The van der Waals surface area contributed by atoms with Crippen LogP contribution in [0, 0.1) is 23.2 Å². The van der Waals surface area contributed by atoms with E-state index in [0.717, 1.165) is 18.8 Å². The molecule has 0 aromatic rings.